The first-order chi connectivity index (χ1) is 11.7. The van der Waals surface area contributed by atoms with Crippen LogP contribution in [0.15, 0.2) is 11.6 Å². The lowest BCUT2D eigenvalue weighted by molar-refractivity contribution is -0.137. The second-order valence-electron chi connectivity index (χ2n) is 7.53. The van der Waals surface area contributed by atoms with Gasteiger partial charge in [0.05, 0.1) is 5.92 Å². The molecule has 6 heteroatoms. The van der Waals surface area contributed by atoms with E-state index in [0.29, 0.717) is 18.0 Å². The van der Waals surface area contributed by atoms with Crippen LogP contribution >= 0.6 is 11.3 Å². The molecule has 1 amide bonds. The Morgan fingerprint density at radius 3 is 2.67 bits per heavy atom. The summed E-state index contributed by atoms with van der Waals surface area (Å²) in [6, 6.07) is 1.02. The zero-order valence-corrected chi connectivity index (χ0v) is 15.4. The highest BCUT2D eigenvalue weighted by Gasteiger charge is 2.41. The van der Waals surface area contributed by atoms with E-state index in [4.69, 9.17) is 0 Å². The maximum absolute atomic E-state index is 13.3. The zero-order chi connectivity index (χ0) is 16.5. The molecule has 5 nitrogen and oxygen atoms in total. The van der Waals surface area contributed by atoms with Gasteiger partial charge in [-0.2, -0.15) is 0 Å². The topological polar surface area (TPSA) is 39.7 Å². The van der Waals surface area contributed by atoms with Crippen LogP contribution in [-0.2, 0) is 4.79 Å². The van der Waals surface area contributed by atoms with Gasteiger partial charge in [0.2, 0.25) is 5.91 Å². The van der Waals surface area contributed by atoms with E-state index in [2.05, 4.69) is 26.7 Å². The first kappa shape index (κ1) is 16.3. The van der Waals surface area contributed by atoms with Crippen LogP contribution in [-0.4, -0.2) is 66.0 Å². The van der Waals surface area contributed by atoms with E-state index in [1.165, 1.54) is 32.2 Å². The lowest BCUT2D eigenvalue weighted by Gasteiger charge is -2.38. The lowest BCUT2D eigenvalue weighted by atomic mass is 9.95. The number of carbonyl (C=O) groups excluding carboxylic acids is 1. The minimum absolute atomic E-state index is 0.148. The highest BCUT2D eigenvalue weighted by Crippen LogP contribution is 2.32. The summed E-state index contributed by atoms with van der Waals surface area (Å²) in [5.41, 5.74) is 0. The van der Waals surface area contributed by atoms with Crippen LogP contribution < -0.4 is 4.90 Å². The molecule has 0 aliphatic carbocycles. The van der Waals surface area contributed by atoms with Crippen molar-refractivity contribution in [2.45, 2.75) is 50.6 Å². The Balaban J connectivity index is 1.44. The quantitative estimate of drug-likeness (QED) is 0.841. The van der Waals surface area contributed by atoms with Gasteiger partial charge in [0, 0.05) is 43.3 Å². The molecule has 1 aromatic heterocycles. The highest BCUT2D eigenvalue weighted by molar-refractivity contribution is 7.13. The van der Waals surface area contributed by atoms with E-state index in [1.807, 2.05) is 11.6 Å². The van der Waals surface area contributed by atoms with Crippen molar-refractivity contribution < 1.29 is 4.79 Å². The number of rotatable bonds is 3. The number of aromatic nitrogens is 1. The molecule has 3 atom stereocenters. The van der Waals surface area contributed by atoms with E-state index in [9.17, 15) is 4.79 Å². The van der Waals surface area contributed by atoms with Gasteiger partial charge in [-0.25, -0.2) is 4.98 Å². The average Bonchev–Trinajstić information content (AvgIpc) is 3.35. The molecule has 132 valence electrons. The third-order valence-corrected chi connectivity index (χ3v) is 6.90. The Labute approximate surface area is 148 Å². The maximum atomic E-state index is 13.3. The number of hydrogen-bond donors (Lipinski definition) is 0. The van der Waals surface area contributed by atoms with E-state index >= 15 is 0 Å². The molecular formula is C18H28N4OS. The van der Waals surface area contributed by atoms with Gasteiger partial charge in [-0.15, -0.1) is 11.3 Å². The molecule has 0 radical (unpaired) electrons. The van der Waals surface area contributed by atoms with E-state index in [0.717, 1.165) is 37.6 Å². The summed E-state index contributed by atoms with van der Waals surface area (Å²) in [7, 11) is 2.23. The summed E-state index contributed by atoms with van der Waals surface area (Å²) < 4.78 is 0. The molecule has 3 aliphatic heterocycles. The maximum Gasteiger partial charge on any atom is 0.227 e. The minimum atomic E-state index is 0.148. The summed E-state index contributed by atoms with van der Waals surface area (Å²) in [5.74, 6) is 0.550. The molecule has 3 saturated heterocycles. The van der Waals surface area contributed by atoms with Crippen LogP contribution in [0.1, 0.15) is 38.5 Å². The van der Waals surface area contributed by atoms with Crippen molar-refractivity contribution in [2.75, 3.05) is 38.1 Å². The Kier molecular flexibility index (Phi) is 4.77. The first-order valence-electron chi connectivity index (χ1n) is 9.39. The van der Waals surface area contributed by atoms with Crippen LogP contribution in [0.2, 0.25) is 0 Å². The summed E-state index contributed by atoms with van der Waals surface area (Å²) in [6.07, 6.45) is 8.87. The number of anilines is 1. The number of thiazole rings is 1. The molecule has 4 rings (SSSR count). The van der Waals surface area contributed by atoms with Crippen LogP contribution in [0.4, 0.5) is 5.13 Å². The fourth-order valence-electron chi connectivity index (χ4n) is 4.85. The average molecular weight is 349 g/mol. The van der Waals surface area contributed by atoms with Gasteiger partial charge in [0.15, 0.2) is 5.13 Å². The number of piperidine rings is 1. The normalized spacial score (nSPS) is 31.8. The highest BCUT2D eigenvalue weighted by atomic mass is 32.1. The fraction of sp³-hybridized carbons (Fsp3) is 0.778. The van der Waals surface area contributed by atoms with Crippen molar-refractivity contribution in [3.05, 3.63) is 11.6 Å². The van der Waals surface area contributed by atoms with Crippen molar-refractivity contribution in [1.82, 2.24) is 14.8 Å². The molecule has 4 heterocycles. The lowest BCUT2D eigenvalue weighted by Crippen LogP contribution is -2.51. The molecule has 0 N–H and O–H groups in total. The molecule has 0 bridgehead atoms. The van der Waals surface area contributed by atoms with E-state index < -0.39 is 0 Å². The second kappa shape index (κ2) is 7.00. The van der Waals surface area contributed by atoms with Gasteiger partial charge in [-0.1, -0.05) is 0 Å². The van der Waals surface area contributed by atoms with Crippen LogP contribution in [0.3, 0.4) is 0 Å². The smallest absolute Gasteiger partial charge is 0.227 e. The van der Waals surface area contributed by atoms with Gasteiger partial charge >= 0.3 is 0 Å². The SMILES string of the molecule is CN1CCC[C@@H]1[C@H]1CCCN1C(=O)[C@@H]1CCCN(c2nccs2)C1. The van der Waals surface area contributed by atoms with Gasteiger partial charge in [-0.05, 0) is 52.1 Å². The van der Waals surface area contributed by atoms with Crippen molar-refractivity contribution in [1.29, 1.82) is 0 Å². The molecule has 1 aromatic rings. The van der Waals surface area contributed by atoms with Gasteiger partial charge in [-0.3, -0.25) is 4.79 Å². The predicted molar refractivity (Wildman–Crippen MR) is 97.4 cm³/mol. The standard InChI is InChI=1S/C18H28N4OS/c1-20-9-3-6-15(20)16-7-4-11-22(16)17(23)14-5-2-10-21(13-14)18-19-8-12-24-18/h8,12,14-16H,2-7,9-11,13H2,1H3/t14-,15-,16-/m1/s1. The largest absolute Gasteiger partial charge is 0.347 e. The number of likely N-dealkylation sites (N-methyl/N-ethyl adjacent to an activating group) is 1. The van der Waals surface area contributed by atoms with E-state index in [-0.39, 0.29) is 5.92 Å². The van der Waals surface area contributed by atoms with Crippen LogP contribution in [0, 0.1) is 5.92 Å². The Bertz CT molecular complexity index is 563. The fourth-order valence-corrected chi connectivity index (χ4v) is 5.53. The Morgan fingerprint density at radius 2 is 1.92 bits per heavy atom. The summed E-state index contributed by atoms with van der Waals surface area (Å²) in [4.78, 5) is 24.7. The van der Waals surface area contributed by atoms with Crippen molar-refractivity contribution in [2.24, 2.45) is 5.92 Å². The summed E-state index contributed by atoms with van der Waals surface area (Å²) in [6.45, 7) is 4.02. The third kappa shape index (κ3) is 3.06. The first-order valence-corrected chi connectivity index (χ1v) is 10.3. The van der Waals surface area contributed by atoms with Crippen molar-refractivity contribution in [3.8, 4) is 0 Å². The number of amides is 1. The molecule has 3 aliphatic rings. The van der Waals surface area contributed by atoms with Gasteiger partial charge in [0.1, 0.15) is 0 Å². The minimum Gasteiger partial charge on any atom is -0.347 e. The second-order valence-corrected chi connectivity index (χ2v) is 8.40. The zero-order valence-electron chi connectivity index (χ0n) is 14.6. The molecule has 3 fully saturated rings. The summed E-state index contributed by atoms with van der Waals surface area (Å²) >= 11 is 1.68. The molecule has 24 heavy (non-hydrogen) atoms. The molecular weight excluding hydrogens is 320 g/mol. The molecule has 0 aromatic carbocycles. The number of likely N-dealkylation sites (tertiary alicyclic amines) is 2. The third-order valence-electron chi connectivity index (χ3n) is 6.06. The number of carbonyl (C=O) groups is 1. The van der Waals surface area contributed by atoms with Crippen LogP contribution in [0.5, 0.6) is 0 Å². The molecule has 0 spiro atoms. The van der Waals surface area contributed by atoms with Gasteiger partial charge < -0.3 is 14.7 Å². The van der Waals surface area contributed by atoms with Crippen molar-refractivity contribution >= 4 is 22.4 Å². The van der Waals surface area contributed by atoms with E-state index in [1.54, 1.807) is 11.3 Å². The Hall–Kier alpha value is -1.14. The van der Waals surface area contributed by atoms with Crippen LogP contribution in [0.25, 0.3) is 0 Å². The van der Waals surface area contributed by atoms with Gasteiger partial charge in [0.25, 0.3) is 0 Å². The molecule has 0 unspecified atom stereocenters. The Morgan fingerprint density at radius 1 is 1.12 bits per heavy atom. The number of hydrogen-bond acceptors (Lipinski definition) is 5. The number of nitrogens with zero attached hydrogens (tertiary/aromatic N) is 4. The predicted octanol–water partition coefficient (Wildman–Crippen LogP) is 2.44. The summed E-state index contributed by atoms with van der Waals surface area (Å²) in [5, 5.41) is 3.09. The van der Waals surface area contributed by atoms with Crippen molar-refractivity contribution in [3.63, 3.8) is 0 Å². The molecule has 0 saturated carbocycles. The monoisotopic (exact) mass is 348 g/mol.